The van der Waals surface area contributed by atoms with Gasteiger partial charge in [0.05, 0.1) is 5.69 Å². The van der Waals surface area contributed by atoms with E-state index in [9.17, 15) is 9.59 Å². The first kappa shape index (κ1) is 19.4. The summed E-state index contributed by atoms with van der Waals surface area (Å²) in [6.45, 7) is 8.87. The SMILES string of the molecule is CCn1c(C2CCN(C(=O)CCCn3nc(C)cc3C)CC2)nn(C)c1=O. The zero-order chi connectivity index (χ0) is 19.6. The minimum absolute atomic E-state index is 0.0600. The highest BCUT2D eigenvalue weighted by atomic mass is 16.2. The number of carbonyl (C=O) groups is 1. The first-order valence-corrected chi connectivity index (χ1v) is 9.83. The smallest absolute Gasteiger partial charge is 0.343 e. The monoisotopic (exact) mass is 374 g/mol. The molecule has 8 heteroatoms. The van der Waals surface area contributed by atoms with Crippen molar-refractivity contribution in [3.63, 3.8) is 0 Å². The number of carbonyl (C=O) groups excluding carboxylic acids is 1. The average molecular weight is 374 g/mol. The Bertz CT molecular complexity index is 854. The van der Waals surface area contributed by atoms with Crippen LogP contribution in [-0.4, -0.2) is 48.0 Å². The summed E-state index contributed by atoms with van der Waals surface area (Å²) >= 11 is 0. The fourth-order valence-corrected chi connectivity index (χ4v) is 3.95. The van der Waals surface area contributed by atoms with E-state index in [4.69, 9.17) is 0 Å². The predicted octanol–water partition coefficient (Wildman–Crippen LogP) is 1.60. The summed E-state index contributed by atoms with van der Waals surface area (Å²) in [5.41, 5.74) is 2.09. The van der Waals surface area contributed by atoms with Gasteiger partial charge in [-0.1, -0.05) is 0 Å². The largest absolute Gasteiger partial charge is 0.345 e. The maximum Gasteiger partial charge on any atom is 0.345 e. The fourth-order valence-electron chi connectivity index (χ4n) is 3.95. The summed E-state index contributed by atoms with van der Waals surface area (Å²) in [7, 11) is 1.69. The van der Waals surface area contributed by atoms with Crippen molar-refractivity contribution in [3.8, 4) is 0 Å². The summed E-state index contributed by atoms with van der Waals surface area (Å²) in [5, 5.41) is 8.87. The van der Waals surface area contributed by atoms with Gasteiger partial charge in [-0.2, -0.15) is 10.2 Å². The van der Waals surface area contributed by atoms with Crippen molar-refractivity contribution in [2.45, 2.75) is 65.5 Å². The molecule has 8 nitrogen and oxygen atoms in total. The zero-order valence-electron chi connectivity index (χ0n) is 16.8. The van der Waals surface area contributed by atoms with Crippen LogP contribution in [0, 0.1) is 13.8 Å². The third-order valence-electron chi connectivity index (χ3n) is 5.43. The molecule has 0 unspecified atom stereocenters. The fraction of sp³-hybridized carbons (Fsp3) is 0.684. The maximum absolute atomic E-state index is 12.5. The topological polar surface area (TPSA) is 78.0 Å². The average Bonchev–Trinajstić information content (AvgIpc) is 3.13. The third-order valence-corrected chi connectivity index (χ3v) is 5.43. The van der Waals surface area contributed by atoms with Crippen LogP contribution < -0.4 is 5.69 Å². The third kappa shape index (κ3) is 4.14. The minimum Gasteiger partial charge on any atom is -0.343 e. The van der Waals surface area contributed by atoms with E-state index in [1.807, 2.05) is 30.4 Å². The van der Waals surface area contributed by atoms with E-state index in [2.05, 4.69) is 16.3 Å². The van der Waals surface area contributed by atoms with Gasteiger partial charge < -0.3 is 4.90 Å². The molecule has 148 valence electrons. The van der Waals surface area contributed by atoms with Gasteiger partial charge in [-0.25, -0.2) is 9.48 Å². The summed E-state index contributed by atoms with van der Waals surface area (Å²) in [5.74, 6) is 1.32. The van der Waals surface area contributed by atoms with Crippen molar-refractivity contribution in [1.29, 1.82) is 0 Å². The number of likely N-dealkylation sites (tertiary alicyclic amines) is 1. The molecule has 1 aliphatic heterocycles. The molecule has 1 aliphatic rings. The Hall–Kier alpha value is -2.38. The number of nitrogens with zero attached hydrogens (tertiary/aromatic N) is 6. The minimum atomic E-state index is -0.0600. The van der Waals surface area contributed by atoms with Crippen molar-refractivity contribution in [2.24, 2.45) is 7.05 Å². The van der Waals surface area contributed by atoms with Crippen molar-refractivity contribution in [2.75, 3.05) is 13.1 Å². The molecule has 0 bridgehead atoms. The molecule has 0 N–H and O–H groups in total. The molecule has 1 saturated heterocycles. The molecular weight excluding hydrogens is 344 g/mol. The molecule has 3 rings (SSSR count). The van der Waals surface area contributed by atoms with Gasteiger partial charge in [0.1, 0.15) is 5.82 Å². The van der Waals surface area contributed by atoms with Crippen LogP contribution in [0.2, 0.25) is 0 Å². The van der Waals surface area contributed by atoms with Crippen LogP contribution in [0.15, 0.2) is 10.9 Å². The lowest BCUT2D eigenvalue weighted by Crippen LogP contribution is -2.38. The molecular formula is C19H30N6O2. The molecule has 0 atom stereocenters. The van der Waals surface area contributed by atoms with E-state index in [0.717, 1.165) is 56.1 Å². The van der Waals surface area contributed by atoms with Crippen LogP contribution in [-0.2, 0) is 24.9 Å². The van der Waals surface area contributed by atoms with Gasteiger partial charge in [-0.15, -0.1) is 0 Å². The van der Waals surface area contributed by atoms with Gasteiger partial charge in [0.15, 0.2) is 0 Å². The highest BCUT2D eigenvalue weighted by Gasteiger charge is 2.27. The second-order valence-electron chi connectivity index (χ2n) is 7.42. The summed E-state index contributed by atoms with van der Waals surface area (Å²) in [6, 6.07) is 2.06. The van der Waals surface area contributed by atoms with Gasteiger partial charge in [0.2, 0.25) is 5.91 Å². The second-order valence-corrected chi connectivity index (χ2v) is 7.42. The molecule has 0 aliphatic carbocycles. The number of rotatable bonds is 6. The number of aromatic nitrogens is 5. The van der Waals surface area contributed by atoms with Crippen LogP contribution in [0.25, 0.3) is 0 Å². The Morgan fingerprint density at radius 1 is 1.22 bits per heavy atom. The number of piperidine rings is 1. The molecule has 3 heterocycles. The number of hydrogen-bond acceptors (Lipinski definition) is 4. The first-order chi connectivity index (χ1) is 12.9. The van der Waals surface area contributed by atoms with E-state index in [0.29, 0.717) is 13.0 Å². The standard InChI is InChI=1S/C19H30N6O2/c1-5-24-18(21-22(4)19(24)27)16-8-11-23(12-9-16)17(26)7-6-10-25-15(3)13-14(2)20-25/h13,16H,5-12H2,1-4H3. The van der Waals surface area contributed by atoms with Crippen LogP contribution in [0.5, 0.6) is 0 Å². The second kappa shape index (κ2) is 8.10. The highest BCUT2D eigenvalue weighted by Crippen LogP contribution is 2.26. The number of hydrogen-bond donors (Lipinski definition) is 0. The molecule has 0 saturated carbocycles. The normalized spacial score (nSPS) is 15.5. The van der Waals surface area contributed by atoms with Crippen LogP contribution >= 0.6 is 0 Å². The van der Waals surface area contributed by atoms with E-state index in [1.165, 1.54) is 4.68 Å². The Kier molecular flexibility index (Phi) is 5.82. The molecule has 27 heavy (non-hydrogen) atoms. The van der Waals surface area contributed by atoms with E-state index in [1.54, 1.807) is 11.6 Å². The Balaban J connectivity index is 1.50. The van der Waals surface area contributed by atoms with Crippen molar-refractivity contribution in [3.05, 3.63) is 33.8 Å². The molecule has 0 aromatic carbocycles. The molecule has 0 radical (unpaired) electrons. The lowest BCUT2D eigenvalue weighted by molar-refractivity contribution is -0.132. The maximum atomic E-state index is 12.5. The van der Waals surface area contributed by atoms with Gasteiger partial charge >= 0.3 is 5.69 Å². The Morgan fingerprint density at radius 3 is 2.52 bits per heavy atom. The quantitative estimate of drug-likeness (QED) is 0.769. The van der Waals surface area contributed by atoms with E-state index < -0.39 is 0 Å². The highest BCUT2D eigenvalue weighted by molar-refractivity contribution is 5.76. The van der Waals surface area contributed by atoms with Crippen LogP contribution in [0.1, 0.15) is 55.7 Å². The Morgan fingerprint density at radius 2 is 1.93 bits per heavy atom. The van der Waals surface area contributed by atoms with Crippen LogP contribution in [0.3, 0.4) is 0 Å². The number of aryl methyl sites for hydroxylation is 4. The van der Waals surface area contributed by atoms with E-state index in [-0.39, 0.29) is 17.5 Å². The number of amides is 1. The first-order valence-electron chi connectivity index (χ1n) is 9.83. The Labute approximate surface area is 159 Å². The summed E-state index contributed by atoms with van der Waals surface area (Å²) < 4.78 is 5.13. The van der Waals surface area contributed by atoms with Gasteiger partial charge in [0, 0.05) is 51.3 Å². The van der Waals surface area contributed by atoms with Crippen molar-refractivity contribution < 1.29 is 4.79 Å². The predicted molar refractivity (Wildman–Crippen MR) is 103 cm³/mol. The van der Waals surface area contributed by atoms with Crippen molar-refractivity contribution >= 4 is 5.91 Å². The summed E-state index contributed by atoms with van der Waals surface area (Å²) in [4.78, 5) is 26.6. The summed E-state index contributed by atoms with van der Waals surface area (Å²) in [6.07, 6.45) is 3.07. The lowest BCUT2D eigenvalue weighted by Gasteiger charge is -2.31. The lowest BCUT2D eigenvalue weighted by atomic mass is 9.95. The van der Waals surface area contributed by atoms with Gasteiger partial charge in [0.25, 0.3) is 0 Å². The molecule has 2 aromatic rings. The zero-order valence-corrected chi connectivity index (χ0v) is 16.8. The molecule has 1 amide bonds. The molecule has 2 aromatic heterocycles. The van der Waals surface area contributed by atoms with E-state index >= 15 is 0 Å². The van der Waals surface area contributed by atoms with Gasteiger partial charge in [-0.05, 0) is 46.1 Å². The van der Waals surface area contributed by atoms with Gasteiger partial charge in [-0.3, -0.25) is 14.0 Å². The molecule has 0 spiro atoms. The van der Waals surface area contributed by atoms with Crippen LogP contribution in [0.4, 0.5) is 0 Å². The molecule has 1 fully saturated rings. The van der Waals surface area contributed by atoms with Crippen molar-refractivity contribution in [1.82, 2.24) is 29.0 Å².